The maximum Gasteiger partial charge on any atom is 0.0159 e. The molecular formula is C8H15N. The Bertz CT molecular complexity index is 125. The minimum Gasteiger partial charge on any atom is -0.313 e. The lowest BCUT2D eigenvalue weighted by atomic mass is 9.81. The summed E-state index contributed by atoms with van der Waals surface area (Å²) in [6.45, 7) is 5.93. The maximum atomic E-state index is 3.50. The Morgan fingerprint density at radius 3 is 2.22 bits per heavy atom. The van der Waals surface area contributed by atoms with Gasteiger partial charge >= 0.3 is 0 Å². The molecule has 2 fully saturated rings. The fourth-order valence-corrected chi connectivity index (χ4v) is 2.10. The molecule has 1 saturated carbocycles. The summed E-state index contributed by atoms with van der Waals surface area (Å²) in [6, 6.07) is 0.859. The first-order valence-corrected chi connectivity index (χ1v) is 3.98. The fraction of sp³-hybridized carbons (Fsp3) is 1.00. The molecule has 0 aromatic rings. The Hall–Kier alpha value is -0.0400. The third-order valence-corrected chi connectivity index (χ3v) is 2.89. The molecule has 2 rings (SSSR count). The zero-order valence-electron chi connectivity index (χ0n) is 6.28. The summed E-state index contributed by atoms with van der Waals surface area (Å²) in [7, 11) is 0. The molecule has 1 aliphatic heterocycles. The first-order valence-electron chi connectivity index (χ1n) is 3.98. The molecule has 0 amide bonds. The van der Waals surface area contributed by atoms with E-state index in [1.54, 1.807) is 0 Å². The number of rotatable bonds is 1. The van der Waals surface area contributed by atoms with Crippen molar-refractivity contribution in [3.05, 3.63) is 0 Å². The van der Waals surface area contributed by atoms with E-state index in [2.05, 4.69) is 19.2 Å². The predicted octanol–water partition coefficient (Wildman–Crippen LogP) is 1.39. The Morgan fingerprint density at radius 1 is 1.44 bits per heavy atom. The normalized spacial score (nSPS) is 37.0. The van der Waals surface area contributed by atoms with Crippen molar-refractivity contribution in [2.24, 2.45) is 11.3 Å². The molecule has 1 nitrogen and oxygen atoms in total. The SMILES string of the molecule is CC(C)C1NCC12CC2. The zero-order valence-corrected chi connectivity index (χ0v) is 6.28. The van der Waals surface area contributed by atoms with Crippen molar-refractivity contribution < 1.29 is 0 Å². The summed E-state index contributed by atoms with van der Waals surface area (Å²) < 4.78 is 0. The lowest BCUT2D eigenvalue weighted by molar-refractivity contribution is 0.155. The highest BCUT2D eigenvalue weighted by atomic mass is 15.1. The average molecular weight is 125 g/mol. The van der Waals surface area contributed by atoms with E-state index < -0.39 is 0 Å². The van der Waals surface area contributed by atoms with Gasteiger partial charge in [0.1, 0.15) is 0 Å². The molecule has 1 heteroatoms. The summed E-state index contributed by atoms with van der Waals surface area (Å²) >= 11 is 0. The molecule has 1 N–H and O–H groups in total. The van der Waals surface area contributed by atoms with Crippen molar-refractivity contribution >= 4 is 0 Å². The van der Waals surface area contributed by atoms with Crippen molar-refractivity contribution in [2.75, 3.05) is 6.54 Å². The van der Waals surface area contributed by atoms with E-state index in [4.69, 9.17) is 0 Å². The molecule has 1 heterocycles. The molecule has 1 atom stereocenters. The molecular weight excluding hydrogens is 110 g/mol. The summed E-state index contributed by atoms with van der Waals surface area (Å²) in [6.07, 6.45) is 2.98. The van der Waals surface area contributed by atoms with Gasteiger partial charge in [-0.25, -0.2) is 0 Å². The predicted molar refractivity (Wildman–Crippen MR) is 38.3 cm³/mol. The fourth-order valence-electron chi connectivity index (χ4n) is 2.10. The first kappa shape index (κ1) is 5.72. The lowest BCUT2D eigenvalue weighted by Gasteiger charge is -2.41. The van der Waals surface area contributed by atoms with Crippen molar-refractivity contribution in [1.29, 1.82) is 0 Å². The molecule has 1 spiro atoms. The van der Waals surface area contributed by atoms with Crippen LogP contribution in [0.2, 0.25) is 0 Å². The Balaban J connectivity index is 1.99. The van der Waals surface area contributed by atoms with Crippen molar-refractivity contribution in [1.82, 2.24) is 5.32 Å². The van der Waals surface area contributed by atoms with Crippen LogP contribution in [0.5, 0.6) is 0 Å². The number of hydrogen-bond acceptors (Lipinski definition) is 1. The van der Waals surface area contributed by atoms with Crippen LogP contribution in [0, 0.1) is 11.3 Å². The summed E-state index contributed by atoms with van der Waals surface area (Å²) in [5.74, 6) is 0.848. The van der Waals surface area contributed by atoms with Crippen LogP contribution in [0.25, 0.3) is 0 Å². The maximum absolute atomic E-state index is 3.50. The van der Waals surface area contributed by atoms with Crippen LogP contribution >= 0.6 is 0 Å². The summed E-state index contributed by atoms with van der Waals surface area (Å²) in [5.41, 5.74) is 0.800. The Labute approximate surface area is 56.8 Å². The van der Waals surface area contributed by atoms with Gasteiger partial charge in [-0.1, -0.05) is 13.8 Å². The van der Waals surface area contributed by atoms with Gasteiger partial charge in [0.25, 0.3) is 0 Å². The third kappa shape index (κ3) is 0.644. The van der Waals surface area contributed by atoms with Gasteiger partial charge in [0.2, 0.25) is 0 Å². The van der Waals surface area contributed by atoms with Gasteiger partial charge in [0.05, 0.1) is 0 Å². The van der Waals surface area contributed by atoms with Crippen LogP contribution in [0.4, 0.5) is 0 Å². The van der Waals surface area contributed by atoms with Crippen LogP contribution in [0.3, 0.4) is 0 Å². The topological polar surface area (TPSA) is 12.0 Å². The third-order valence-electron chi connectivity index (χ3n) is 2.89. The molecule has 0 radical (unpaired) electrons. The molecule has 1 saturated heterocycles. The number of hydrogen-bond donors (Lipinski definition) is 1. The van der Waals surface area contributed by atoms with E-state index >= 15 is 0 Å². The molecule has 1 unspecified atom stereocenters. The lowest BCUT2D eigenvalue weighted by Crippen LogP contribution is -2.57. The highest BCUT2D eigenvalue weighted by molar-refractivity contribution is 5.11. The zero-order chi connectivity index (χ0) is 6.48. The Morgan fingerprint density at radius 2 is 2.11 bits per heavy atom. The van der Waals surface area contributed by atoms with Gasteiger partial charge in [-0.05, 0) is 24.2 Å². The molecule has 0 aromatic heterocycles. The van der Waals surface area contributed by atoms with E-state index in [1.807, 2.05) is 0 Å². The second-order valence-electron chi connectivity index (χ2n) is 3.96. The molecule has 0 bridgehead atoms. The van der Waals surface area contributed by atoms with Crippen LogP contribution in [-0.2, 0) is 0 Å². The van der Waals surface area contributed by atoms with Crippen LogP contribution in [-0.4, -0.2) is 12.6 Å². The van der Waals surface area contributed by atoms with Crippen LogP contribution in [0.15, 0.2) is 0 Å². The van der Waals surface area contributed by atoms with Crippen molar-refractivity contribution in [3.8, 4) is 0 Å². The largest absolute Gasteiger partial charge is 0.313 e. The summed E-state index contributed by atoms with van der Waals surface area (Å²) in [4.78, 5) is 0. The van der Waals surface area contributed by atoms with Gasteiger partial charge in [-0.2, -0.15) is 0 Å². The quantitative estimate of drug-likeness (QED) is 0.558. The van der Waals surface area contributed by atoms with Gasteiger partial charge in [-0.15, -0.1) is 0 Å². The van der Waals surface area contributed by atoms with Crippen molar-refractivity contribution in [2.45, 2.75) is 32.7 Å². The van der Waals surface area contributed by atoms with E-state index in [1.165, 1.54) is 19.4 Å². The van der Waals surface area contributed by atoms with Gasteiger partial charge < -0.3 is 5.32 Å². The molecule has 0 aromatic carbocycles. The molecule has 1 aliphatic carbocycles. The highest BCUT2D eigenvalue weighted by Gasteiger charge is 2.56. The number of nitrogens with one attached hydrogen (secondary N) is 1. The molecule has 52 valence electrons. The monoisotopic (exact) mass is 125 g/mol. The second-order valence-corrected chi connectivity index (χ2v) is 3.96. The van der Waals surface area contributed by atoms with E-state index in [0.29, 0.717) is 0 Å². The molecule has 9 heavy (non-hydrogen) atoms. The van der Waals surface area contributed by atoms with Gasteiger partial charge in [0.15, 0.2) is 0 Å². The standard InChI is InChI=1S/C8H15N/c1-6(2)7-8(3-4-8)5-9-7/h6-7,9H,3-5H2,1-2H3. The van der Waals surface area contributed by atoms with E-state index in [-0.39, 0.29) is 0 Å². The van der Waals surface area contributed by atoms with Crippen LogP contribution < -0.4 is 5.32 Å². The Kier molecular flexibility index (Phi) is 0.963. The first-order chi connectivity index (χ1) is 4.25. The van der Waals surface area contributed by atoms with E-state index in [9.17, 15) is 0 Å². The smallest absolute Gasteiger partial charge is 0.0159 e. The molecule has 2 aliphatic rings. The minimum absolute atomic E-state index is 0.800. The van der Waals surface area contributed by atoms with Crippen LogP contribution in [0.1, 0.15) is 26.7 Å². The highest BCUT2D eigenvalue weighted by Crippen LogP contribution is 2.54. The van der Waals surface area contributed by atoms with Crippen molar-refractivity contribution in [3.63, 3.8) is 0 Å². The average Bonchev–Trinajstić information content (AvgIpc) is 2.37. The minimum atomic E-state index is 0.800. The van der Waals surface area contributed by atoms with Gasteiger partial charge in [-0.3, -0.25) is 0 Å². The second kappa shape index (κ2) is 1.51. The van der Waals surface area contributed by atoms with Gasteiger partial charge in [0, 0.05) is 12.6 Å². The van der Waals surface area contributed by atoms with E-state index in [0.717, 1.165) is 17.4 Å². The summed E-state index contributed by atoms with van der Waals surface area (Å²) in [5, 5.41) is 3.50.